The zero-order valence-electron chi connectivity index (χ0n) is 17.9. The van der Waals surface area contributed by atoms with E-state index in [4.69, 9.17) is 13.7 Å². The fraction of sp³-hybridized carbons (Fsp3) is 0.250. The van der Waals surface area contributed by atoms with Gasteiger partial charge in [-0.2, -0.15) is 4.98 Å². The Morgan fingerprint density at radius 3 is 2.69 bits per heavy atom. The number of benzene rings is 2. The van der Waals surface area contributed by atoms with E-state index in [1.807, 2.05) is 24.3 Å². The fourth-order valence-corrected chi connectivity index (χ4v) is 3.29. The highest BCUT2D eigenvalue weighted by atomic mass is 16.5. The van der Waals surface area contributed by atoms with Crippen LogP contribution in [0.25, 0.3) is 22.4 Å². The molecule has 4 aromatic rings. The Morgan fingerprint density at radius 2 is 1.94 bits per heavy atom. The molecule has 0 aliphatic carbocycles. The fourth-order valence-electron chi connectivity index (χ4n) is 3.29. The number of fused-ring (bicyclic) bond motifs is 1. The molecular formula is C24H23N3O5. The number of unbranched alkanes of at least 4 members (excludes halogenated alkanes) is 1. The van der Waals surface area contributed by atoms with Crippen molar-refractivity contribution in [2.75, 3.05) is 5.32 Å². The Balaban J connectivity index is 1.48. The van der Waals surface area contributed by atoms with Gasteiger partial charge in [-0.15, -0.1) is 0 Å². The van der Waals surface area contributed by atoms with Crippen LogP contribution < -0.4 is 15.7 Å². The molecule has 0 saturated carbocycles. The Morgan fingerprint density at radius 1 is 1.12 bits per heavy atom. The minimum absolute atomic E-state index is 0.185. The van der Waals surface area contributed by atoms with Crippen molar-refractivity contribution in [2.45, 2.75) is 39.7 Å². The molecule has 8 nitrogen and oxygen atoms in total. The maximum Gasteiger partial charge on any atom is 0.336 e. The van der Waals surface area contributed by atoms with Gasteiger partial charge in [0.1, 0.15) is 17.9 Å². The number of ether oxygens (including phenoxy) is 1. The van der Waals surface area contributed by atoms with E-state index in [-0.39, 0.29) is 12.5 Å². The summed E-state index contributed by atoms with van der Waals surface area (Å²) in [6.07, 6.45) is 2.85. The van der Waals surface area contributed by atoms with E-state index in [0.29, 0.717) is 34.3 Å². The van der Waals surface area contributed by atoms with Gasteiger partial charge in [-0.05, 0) is 42.8 Å². The summed E-state index contributed by atoms with van der Waals surface area (Å²) in [5.41, 5.74) is 1.98. The van der Waals surface area contributed by atoms with Crippen molar-refractivity contribution in [1.82, 2.24) is 10.1 Å². The van der Waals surface area contributed by atoms with E-state index >= 15 is 0 Å². The lowest BCUT2D eigenvalue weighted by Gasteiger charge is -2.10. The molecule has 4 rings (SSSR count). The molecule has 0 spiro atoms. The lowest BCUT2D eigenvalue weighted by atomic mass is 10.1. The molecule has 2 aromatic heterocycles. The van der Waals surface area contributed by atoms with E-state index < -0.39 is 5.63 Å². The minimum Gasteiger partial charge on any atom is -0.489 e. The lowest BCUT2D eigenvalue weighted by Crippen LogP contribution is -2.07. The molecule has 0 bridgehead atoms. The van der Waals surface area contributed by atoms with Crippen molar-refractivity contribution in [3.8, 4) is 17.1 Å². The Kier molecular flexibility index (Phi) is 6.30. The summed E-state index contributed by atoms with van der Waals surface area (Å²) in [6, 6.07) is 13.9. The van der Waals surface area contributed by atoms with Gasteiger partial charge in [-0.3, -0.25) is 4.79 Å². The average Bonchev–Trinajstić information content (AvgIpc) is 3.24. The highest BCUT2D eigenvalue weighted by Gasteiger charge is 2.10. The van der Waals surface area contributed by atoms with Gasteiger partial charge in [-0.1, -0.05) is 18.5 Å². The number of hydrogen-bond acceptors (Lipinski definition) is 7. The number of nitrogens with zero attached hydrogens (tertiary/aromatic N) is 2. The van der Waals surface area contributed by atoms with Crippen LogP contribution in [0.2, 0.25) is 0 Å². The van der Waals surface area contributed by atoms with Gasteiger partial charge < -0.3 is 19.0 Å². The normalized spacial score (nSPS) is 10.9. The number of aromatic nitrogens is 2. The number of carbonyl (C=O) groups is 1. The Bertz CT molecular complexity index is 1290. The second-order valence-corrected chi connectivity index (χ2v) is 7.41. The molecule has 1 N–H and O–H groups in total. The van der Waals surface area contributed by atoms with Gasteiger partial charge in [0.15, 0.2) is 0 Å². The lowest BCUT2D eigenvalue weighted by molar-refractivity contribution is -0.114. The molecule has 2 heterocycles. The van der Waals surface area contributed by atoms with Crippen LogP contribution in [-0.2, 0) is 17.8 Å². The van der Waals surface area contributed by atoms with E-state index in [2.05, 4.69) is 22.4 Å². The van der Waals surface area contributed by atoms with Crippen LogP contribution in [-0.4, -0.2) is 16.0 Å². The van der Waals surface area contributed by atoms with E-state index in [9.17, 15) is 9.59 Å². The molecule has 0 aliphatic rings. The molecule has 0 saturated heterocycles. The second-order valence-electron chi connectivity index (χ2n) is 7.41. The van der Waals surface area contributed by atoms with Crippen molar-refractivity contribution in [2.24, 2.45) is 0 Å². The number of anilines is 1. The number of rotatable bonds is 8. The highest BCUT2D eigenvalue weighted by molar-refractivity contribution is 5.92. The molecule has 32 heavy (non-hydrogen) atoms. The summed E-state index contributed by atoms with van der Waals surface area (Å²) in [5, 5.41) is 7.45. The molecule has 2 aromatic carbocycles. The topological polar surface area (TPSA) is 107 Å². The number of hydrogen-bond donors (Lipinski definition) is 1. The van der Waals surface area contributed by atoms with E-state index in [1.165, 1.54) is 13.0 Å². The van der Waals surface area contributed by atoms with Gasteiger partial charge in [0.25, 0.3) is 0 Å². The molecular weight excluding hydrogens is 410 g/mol. The van der Waals surface area contributed by atoms with Crippen molar-refractivity contribution in [1.29, 1.82) is 0 Å². The molecule has 1 amide bonds. The first kappa shape index (κ1) is 21.3. The third-order valence-corrected chi connectivity index (χ3v) is 4.87. The van der Waals surface area contributed by atoms with Crippen LogP contribution in [0.4, 0.5) is 5.69 Å². The van der Waals surface area contributed by atoms with Crippen LogP contribution in [0, 0.1) is 0 Å². The molecule has 0 unspecified atom stereocenters. The largest absolute Gasteiger partial charge is 0.489 e. The third-order valence-electron chi connectivity index (χ3n) is 4.87. The SMILES string of the molecule is CCCCc1nc(-c2ccc(OCc3cc(=O)oc4cc(NC(C)=O)ccc34)cc2)no1. The van der Waals surface area contributed by atoms with Gasteiger partial charge in [-0.25, -0.2) is 4.79 Å². The maximum atomic E-state index is 12.0. The summed E-state index contributed by atoms with van der Waals surface area (Å²) < 4.78 is 16.5. The van der Waals surface area contributed by atoms with Crippen molar-refractivity contribution < 1.29 is 18.5 Å². The van der Waals surface area contributed by atoms with Crippen LogP contribution >= 0.6 is 0 Å². The Labute approximate surface area is 184 Å². The maximum absolute atomic E-state index is 12.0. The first-order chi connectivity index (χ1) is 15.5. The summed E-state index contributed by atoms with van der Waals surface area (Å²) in [7, 11) is 0. The molecule has 0 fully saturated rings. The van der Waals surface area contributed by atoms with Gasteiger partial charge in [0, 0.05) is 47.7 Å². The van der Waals surface area contributed by atoms with Gasteiger partial charge in [0.05, 0.1) is 0 Å². The minimum atomic E-state index is -0.484. The van der Waals surface area contributed by atoms with Crippen molar-refractivity contribution in [3.05, 3.63) is 70.4 Å². The zero-order chi connectivity index (χ0) is 22.5. The average molecular weight is 433 g/mol. The van der Waals surface area contributed by atoms with Gasteiger partial charge in [0.2, 0.25) is 17.6 Å². The predicted molar refractivity (Wildman–Crippen MR) is 119 cm³/mol. The molecule has 0 radical (unpaired) electrons. The number of amides is 1. The molecule has 8 heteroatoms. The van der Waals surface area contributed by atoms with Crippen LogP contribution in [0.5, 0.6) is 5.75 Å². The first-order valence-electron chi connectivity index (χ1n) is 10.4. The van der Waals surface area contributed by atoms with E-state index in [1.54, 1.807) is 18.2 Å². The standard InChI is InChI=1S/C24H23N3O5/c1-3-4-5-22-26-24(27-32-22)16-6-9-19(10-7-16)30-14-17-12-23(29)31-21-13-18(25-15(2)28)8-11-20(17)21/h6-13H,3-5,14H2,1-2H3,(H,25,28). The van der Waals surface area contributed by atoms with Crippen LogP contribution in [0.1, 0.15) is 38.1 Å². The first-order valence-corrected chi connectivity index (χ1v) is 10.4. The van der Waals surface area contributed by atoms with Crippen LogP contribution in [0.15, 0.2) is 62.3 Å². The quantitative estimate of drug-likeness (QED) is 0.401. The van der Waals surface area contributed by atoms with E-state index in [0.717, 1.165) is 30.2 Å². The molecule has 164 valence electrons. The smallest absolute Gasteiger partial charge is 0.336 e. The van der Waals surface area contributed by atoms with Crippen molar-refractivity contribution in [3.63, 3.8) is 0 Å². The summed E-state index contributed by atoms with van der Waals surface area (Å²) >= 11 is 0. The summed E-state index contributed by atoms with van der Waals surface area (Å²) in [4.78, 5) is 27.7. The summed E-state index contributed by atoms with van der Waals surface area (Å²) in [5.74, 6) is 1.62. The summed E-state index contributed by atoms with van der Waals surface area (Å²) in [6.45, 7) is 3.72. The van der Waals surface area contributed by atoms with Crippen LogP contribution in [0.3, 0.4) is 0 Å². The Hall–Kier alpha value is -3.94. The highest BCUT2D eigenvalue weighted by Crippen LogP contribution is 2.24. The second kappa shape index (κ2) is 9.47. The number of carbonyl (C=O) groups excluding carboxylic acids is 1. The molecule has 0 aliphatic heterocycles. The predicted octanol–water partition coefficient (Wildman–Crippen LogP) is 4.72. The number of nitrogens with one attached hydrogen (secondary N) is 1. The van der Waals surface area contributed by atoms with Crippen molar-refractivity contribution >= 4 is 22.6 Å². The zero-order valence-corrected chi connectivity index (χ0v) is 17.9. The monoisotopic (exact) mass is 433 g/mol. The van der Waals surface area contributed by atoms with Gasteiger partial charge >= 0.3 is 5.63 Å². The number of aryl methyl sites for hydroxylation is 1. The third kappa shape index (κ3) is 5.03. The molecule has 0 atom stereocenters.